The summed E-state index contributed by atoms with van der Waals surface area (Å²) in [6, 6.07) is 7.63. The van der Waals surface area contributed by atoms with Gasteiger partial charge in [-0.05, 0) is 25.3 Å². The van der Waals surface area contributed by atoms with Gasteiger partial charge < -0.3 is 29.2 Å². The first-order valence-electron chi connectivity index (χ1n) is 11.8. The van der Waals surface area contributed by atoms with Crippen LogP contribution in [0.5, 0.6) is 5.75 Å². The van der Waals surface area contributed by atoms with Crippen molar-refractivity contribution in [1.29, 1.82) is 0 Å². The summed E-state index contributed by atoms with van der Waals surface area (Å²) in [5.74, 6) is -0.332. The molecule has 1 aliphatic rings. The third kappa shape index (κ3) is 4.04. The first kappa shape index (κ1) is 23.8. The van der Waals surface area contributed by atoms with Gasteiger partial charge in [-0.1, -0.05) is 31.5 Å². The van der Waals surface area contributed by atoms with Crippen molar-refractivity contribution in [2.45, 2.75) is 45.2 Å². The first-order chi connectivity index (χ1) is 16.4. The zero-order chi connectivity index (χ0) is 24.4. The van der Waals surface area contributed by atoms with Crippen LogP contribution < -0.4 is 15.6 Å². The third-order valence-corrected chi connectivity index (χ3v) is 6.73. The molecule has 0 radical (unpaired) electrons. The van der Waals surface area contributed by atoms with Gasteiger partial charge >= 0.3 is 0 Å². The predicted molar refractivity (Wildman–Crippen MR) is 130 cm³/mol. The summed E-state index contributed by atoms with van der Waals surface area (Å²) < 4.78 is 9.20. The summed E-state index contributed by atoms with van der Waals surface area (Å²) >= 11 is 0. The monoisotopic (exact) mass is 468 g/mol. The van der Waals surface area contributed by atoms with Crippen molar-refractivity contribution in [1.82, 2.24) is 19.4 Å². The average Bonchev–Trinajstić information content (AvgIpc) is 3.16. The molecular formula is C25H32N4O5. The zero-order valence-electron chi connectivity index (χ0n) is 20.0. The second kappa shape index (κ2) is 9.89. The van der Waals surface area contributed by atoms with Gasteiger partial charge in [0, 0.05) is 38.1 Å². The largest absolute Gasteiger partial charge is 0.493 e. The Labute approximate surface area is 197 Å². The Hall–Kier alpha value is -3.33. The number of rotatable bonds is 7. The predicted octanol–water partition coefficient (Wildman–Crippen LogP) is 2.01. The van der Waals surface area contributed by atoms with E-state index in [4.69, 9.17) is 9.84 Å². The first-order valence-corrected chi connectivity index (χ1v) is 11.8. The number of fused-ring (bicyclic) bond motifs is 3. The summed E-state index contributed by atoms with van der Waals surface area (Å²) in [5.41, 5.74) is 1.66. The van der Waals surface area contributed by atoms with Crippen molar-refractivity contribution in [2.75, 3.05) is 26.8 Å². The molecule has 34 heavy (non-hydrogen) atoms. The second-order valence-corrected chi connectivity index (χ2v) is 8.78. The fraction of sp³-hybridized carbons (Fsp3) is 0.480. The van der Waals surface area contributed by atoms with E-state index in [2.05, 4.69) is 12.2 Å². The van der Waals surface area contributed by atoms with Gasteiger partial charge in [0.15, 0.2) is 11.4 Å². The molecule has 3 heterocycles. The van der Waals surface area contributed by atoms with Gasteiger partial charge in [-0.25, -0.2) is 0 Å². The fourth-order valence-electron chi connectivity index (χ4n) is 4.94. The van der Waals surface area contributed by atoms with Crippen LogP contribution in [0.3, 0.4) is 0 Å². The summed E-state index contributed by atoms with van der Waals surface area (Å²) in [6.07, 6.45) is 3.02. The van der Waals surface area contributed by atoms with E-state index >= 15 is 0 Å². The van der Waals surface area contributed by atoms with Gasteiger partial charge in [-0.2, -0.15) is 0 Å². The number of carbonyl (C=O) groups excluding carboxylic acids is 2. The fourth-order valence-corrected chi connectivity index (χ4v) is 4.94. The smallest absolute Gasteiger partial charge is 0.272 e. The van der Waals surface area contributed by atoms with Crippen molar-refractivity contribution < 1.29 is 19.4 Å². The number of unbranched alkanes of at least 4 members (excludes halogenated alkanes) is 1. The van der Waals surface area contributed by atoms with E-state index in [0.29, 0.717) is 49.1 Å². The molecule has 0 aliphatic carbocycles. The Balaban J connectivity index is 1.75. The minimum atomic E-state index is -0.506. The van der Waals surface area contributed by atoms with Crippen LogP contribution in [0.4, 0.5) is 0 Å². The molecule has 0 spiro atoms. The van der Waals surface area contributed by atoms with Crippen molar-refractivity contribution in [3.63, 3.8) is 0 Å². The normalized spacial score (nSPS) is 14.6. The molecular weight excluding hydrogens is 436 g/mol. The Morgan fingerprint density at radius 3 is 2.56 bits per heavy atom. The number of amides is 2. The van der Waals surface area contributed by atoms with Crippen molar-refractivity contribution in [2.24, 2.45) is 7.05 Å². The molecule has 2 amide bonds. The van der Waals surface area contributed by atoms with E-state index < -0.39 is 6.61 Å². The highest BCUT2D eigenvalue weighted by atomic mass is 16.5. The minimum Gasteiger partial charge on any atom is -0.493 e. The number of piperidine rings is 1. The molecule has 9 nitrogen and oxygen atoms in total. The summed E-state index contributed by atoms with van der Waals surface area (Å²) in [7, 11) is 3.26. The molecule has 3 aromatic rings. The molecule has 0 unspecified atom stereocenters. The second-order valence-electron chi connectivity index (χ2n) is 8.78. The van der Waals surface area contributed by atoms with Crippen LogP contribution in [-0.2, 0) is 18.4 Å². The van der Waals surface area contributed by atoms with Crippen molar-refractivity contribution >= 4 is 33.6 Å². The number of nitrogens with zero attached hydrogens (tertiary/aromatic N) is 3. The topological polar surface area (TPSA) is 106 Å². The van der Waals surface area contributed by atoms with E-state index in [1.54, 1.807) is 21.1 Å². The SMILES string of the molecule is CCCCn1c(=O)c2c(OC)c(C(=O)NC3CCN(C(=O)CO)CC3)n(C)c2c2ccccc21. The highest BCUT2D eigenvalue weighted by Gasteiger charge is 2.30. The number of aryl methyl sites for hydroxylation is 2. The third-order valence-electron chi connectivity index (χ3n) is 6.73. The van der Waals surface area contributed by atoms with Crippen LogP contribution in [0, 0.1) is 0 Å². The number of benzene rings is 1. The number of pyridine rings is 1. The molecule has 2 aromatic heterocycles. The number of methoxy groups -OCH3 is 1. The maximum absolute atomic E-state index is 13.6. The van der Waals surface area contributed by atoms with Crippen molar-refractivity contribution in [3.8, 4) is 5.75 Å². The number of para-hydroxylation sites is 1. The molecule has 4 rings (SSSR count). The highest BCUT2D eigenvalue weighted by molar-refractivity contribution is 6.12. The highest BCUT2D eigenvalue weighted by Crippen LogP contribution is 2.34. The molecule has 1 aliphatic heterocycles. The quantitative estimate of drug-likeness (QED) is 0.552. The van der Waals surface area contributed by atoms with Crippen LogP contribution in [0.2, 0.25) is 0 Å². The Bertz CT molecular complexity index is 1280. The van der Waals surface area contributed by atoms with E-state index in [1.165, 1.54) is 7.11 Å². The lowest BCUT2D eigenvalue weighted by Gasteiger charge is -2.32. The molecule has 9 heteroatoms. The molecule has 0 bridgehead atoms. The van der Waals surface area contributed by atoms with Crippen LogP contribution in [-0.4, -0.2) is 63.8 Å². The molecule has 182 valence electrons. The van der Waals surface area contributed by atoms with E-state index in [1.807, 2.05) is 24.3 Å². The lowest BCUT2D eigenvalue weighted by Crippen LogP contribution is -2.47. The molecule has 0 saturated carbocycles. The van der Waals surface area contributed by atoms with Gasteiger partial charge in [0.25, 0.3) is 11.5 Å². The number of ether oxygens (including phenoxy) is 1. The summed E-state index contributed by atoms with van der Waals surface area (Å²) in [6.45, 7) is 3.12. The molecule has 1 aromatic carbocycles. The van der Waals surface area contributed by atoms with Crippen LogP contribution in [0.15, 0.2) is 29.1 Å². The number of hydrogen-bond acceptors (Lipinski definition) is 5. The Morgan fingerprint density at radius 1 is 1.21 bits per heavy atom. The van der Waals surface area contributed by atoms with Gasteiger partial charge in [-0.3, -0.25) is 14.4 Å². The average molecular weight is 469 g/mol. The number of aliphatic hydroxyl groups excluding tert-OH is 1. The van der Waals surface area contributed by atoms with Crippen molar-refractivity contribution in [3.05, 3.63) is 40.3 Å². The number of hydrogen-bond donors (Lipinski definition) is 2. The van der Waals surface area contributed by atoms with Crippen LogP contribution in [0.1, 0.15) is 43.1 Å². The Kier molecular flexibility index (Phi) is 6.92. The lowest BCUT2D eigenvalue weighted by molar-refractivity contribution is -0.135. The number of likely N-dealkylation sites (tertiary alicyclic amines) is 1. The molecule has 1 fully saturated rings. The molecule has 1 saturated heterocycles. The standard InChI is InChI=1S/C25H32N4O5/c1-4-5-12-29-18-9-7-6-8-17(18)21-20(25(29)33)23(34-3)22(27(21)2)24(32)26-16-10-13-28(14-11-16)19(31)15-30/h6-9,16,30H,4-5,10-15H2,1-3H3,(H,26,32). The van der Waals surface area contributed by atoms with Gasteiger partial charge in [0.2, 0.25) is 5.91 Å². The van der Waals surface area contributed by atoms with E-state index in [9.17, 15) is 14.4 Å². The number of carbonyl (C=O) groups is 2. The molecule has 2 N–H and O–H groups in total. The number of nitrogens with one attached hydrogen (secondary N) is 1. The minimum absolute atomic E-state index is 0.115. The maximum Gasteiger partial charge on any atom is 0.272 e. The maximum atomic E-state index is 13.6. The van der Waals surface area contributed by atoms with Crippen LogP contribution in [0.25, 0.3) is 21.8 Å². The van der Waals surface area contributed by atoms with E-state index in [-0.39, 0.29) is 29.2 Å². The molecule has 0 atom stereocenters. The summed E-state index contributed by atoms with van der Waals surface area (Å²) in [5, 5.41) is 13.4. The van der Waals surface area contributed by atoms with Gasteiger partial charge in [-0.15, -0.1) is 0 Å². The van der Waals surface area contributed by atoms with Crippen LogP contribution >= 0.6 is 0 Å². The Morgan fingerprint density at radius 2 is 1.91 bits per heavy atom. The van der Waals surface area contributed by atoms with E-state index in [0.717, 1.165) is 23.7 Å². The number of aliphatic hydroxyl groups is 1. The number of aromatic nitrogens is 2. The van der Waals surface area contributed by atoms with Gasteiger partial charge in [0.1, 0.15) is 12.0 Å². The lowest BCUT2D eigenvalue weighted by atomic mass is 10.0. The summed E-state index contributed by atoms with van der Waals surface area (Å²) in [4.78, 5) is 40.3. The zero-order valence-corrected chi connectivity index (χ0v) is 20.0. The van der Waals surface area contributed by atoms with Gasteiger partial charge in [0.05, 0.1) is 18.1 Å².